The molecule has 25 heavy (non-hydrogen) atoms. The molecular weight excluding hydrogens is 365 g/mol. The fourth-order valence-electron chi connectivity index (χ4n) is 4.39. The van der Waals surface area contributed by atoms with Gasteiger partial charge in [0.05, 0.1) is 16.4 Å². The van der Waals surface area contributed by atoms with E-state index >= 15 is 0 Å². The number of piperidine rings is 1. The third-order valence-electron chi connectivity index (χ3n) is 5.50. The Morgan fingerprint density at radius 2 is 2.04 bits per heavy atom. The van der Waals surface area contributed by atoms with Crippen molar-refractivity contribution in [2.24, 2.45) is 11.8 Å². The quantitative estimate of drug-likeness (QED) is 0.629. The van der Waals surface area contributed by atoms with Crippen molar-refractivity contribution >= 4 is 35.1 Å². The van der Waals surface area contributed by atoms with Crippen LogP contribution < -0.4 is 0 Å². The largest absolute Gasteiger partial charge is 0.481 e. The van der Waals surface area contributed by atoms with E-state index in [0.717, 1.165) is 5.56 Å². The lowest BCUT2D eigenvalue weighted by molar-refractivity contribution is -0.155. The maximum Gasteiger partial charge on any atom is 0.317 e. The van der Waals surface area contributed by atoms with Crippen molar-refractivity contribution in [1.29, 1.82) is 0 Å². The number of ketones is 1. The second-order valence-electron chi connectivity index (χ2n) is 6.76. The lowest BCUT2D eigenvalue weighted by Crippen LogP contribution is -2.68. The number of Topliss-reactive ketones (excluding diaryl/α,β-unsaturated/α-hetero) is 1. The first-order valence-electron chi connectivity index (χ1n) is 8.15. The highest BCUT2D eigenvalue weighted by molar-refractivity contribution is 8.05. The molecule has 3 aliphatic rings. The highest BCUT2D eigenvalue weighted by Crippen LogP contribution is 2.56. The van der Waals surface area contributed by atoms with Gasteiger partial charge in [-0.15, -0.1) is 11.6 Å². The molecule has 7 unspecified atom stereocenters. The molecule has 1 N–H and O–H groups in total. The minimum atomic E-state index is -1.29. The molecule has 7 atom stereocenters. The van der Waals surface area contributed by atoms with Gasteiger partial charge in [-0.05, 0) is 12.0 Å². The SMILES string of the molecule is C=C1SC2C(C(=O)O)C(=O)C3CC(F)C(c4ccccc4)C(Cl)C3N12. The number of carbonyl (C=O) groups is 2. The normalized spacial score (nSPS) is 40.1. The molecule has 2 heterocycles. The highest BCUT2D eigenvalue weighted by atomic mass is 35.5. The summed E-state index contributed by atoms with van der Waals surface area (Å²) in [6.45, 7) is 3.94. The molecule has 0 amide bonds. The first-order valence-corrected chi connectivity index (χ1v) is 9.47. The van der Waals surface area contributed by atoms with Gasteiger partial charge in [-0.2, -0.15) is 0 Å². The van der Waals surface area contributed by atoms with E-state index in [2.05, 4.69) is 6.58 Å². The van der Waals surface area contributed by atoms with Crippen LogP contribution in [0.2, 0.25) is 0 Å². The van der Waals surface area contributed by atoms with Crippen LogP contribution in [0.3, 0.4) is 0 Å². The van der Waals surface area contributed by atoms with Crippen LogP contribution in [0.4, 0.5) is 4.39 Å². The fourth-order valence-corrected chi connectivity index (χ4v) is 6.23. The summed E-state index contributed by atoms with van der Waals surface area (Å²) in [6, 6.07) is 8.80. The Hall–Kier alpha value is -1.53. The van der Waals surface area contributed by atoms with Gasteiger partial charge in [0.25, 0.3) is 0 Å². The monoisotopic (exact) mass is 381 g/mol. The van der Waals surface area contributed by atoms with E-state index in [9.17, 15) is 19.1 Å². The number of thioether (sulfide) groups is 1. The van der Waals surface area contributed by atoms with Crippen molar-refractivity contribution in [2.75, 3.05) is 0 Å². The van der Waals surface area contributed by atoms with Crippen molar-refractivity contribution in [3.63, 3.8) is 0 Å². The highest BCUT2D eigenvalue weighted by Gasteiger charge is 2.62. The maximum atomic E-state index is 15.0. The van der Waals surface area contributed by atoms with Crippen LogP contribution >= 0.6 is 23.4 Å². The molecule has 1 aromatic rings. The van der Waals surface area contributed by atoms with Crippen LogP contribution in [-0.4, -0.2) is 44.7 Å². The first-order chi connectivity index (χ1) is 11.9. The van der Waals surface area contributed by atoms with E-state index in [4.69, 9.17) is 11.6 Å². The lowest BCUT2D eigenvalue weighted by atomic mass is 9.67. The summed E-state index contributed by atoms with van der Waals surface area (Å²) in [7, 11) is 0. The van der Waals surface area contributed by atoms with E-state index in [-0.39, 0.29) is 6.42 Å². The predicted molar refractivity (Wildman–Crippen MR) is 94.1 cm³/mol. The van der Waals surface area contributed by atoms with Gasteiger partial charge in [0.1, 0.15) is 17.5 Å². The number of hydrogen-bond donors (Lipinski definition) is 1. The smallest absolute Gasteiger partial charge is 0.317 e. The molecule has 1 saturated carbocycles. The van der Waals surface area contributed by atoms with Crippen LogP contribution in [0.25, 0.3) is 0 Å². The molecule has 0 spiro atoms. The van der Waals surface area contributed by atoms with Gasteiger partial charge in [0, 0.05) is 11.8 Å². The molecule has 0 aromatic heterocycles. The molecule has 1 aromatic carbocycles. The van der Waals surface area contributed by atoms with Crippen molar-refractivity contribution in [1.82, 2.24) is 4.90 Å². The summed E-state index contributed by atoms with van der Waals surface area (Å²) in [4.78, 5) is 26.2. The number of carboxylic acid groups (broad SMARTS) is 1. The molecule has 132 valence electrons. The van der Waals surface area contributed by atoms with Crippen molar-refractivity contribution in [3.05, 3.63) is 47.5 Å². The molecule has 2 saturated heterocycles. The molecule has 3 fully saturated rings. The van der Waals surface area contributed by atoms with E-state index in [0.29, 0.717) is 5.03 Å². The Kier molecular flexibility index (Phi) is 4.07. The molecule has 1 aliphatic carbocycles. The van der Waals surface area contributed by atoms with E-state index in [1.165, 1.54) is 11.8 Å². The lowest BCUT2D eigenvalue weighted by Gasteiger charge is -2.59. The number of carbonyl (C=O) groups excluding carboxylic acids is 1. The number of hydrogen-bond acceptors (Lipinski definition) is 4. The Balaban J connectivity index is 1.72. The number of fused-ring (bicyclic) bond motifs is 3. The van der Waals surface area contributed by atoms with Gasteiger partial charge in [-0.25, -0.2) is 4.39 Å². The van der Waals surface area contributed by atoms with Crippen molar-refractivity contribution in [3.8, 4) is 0 Å². The third-order valence-corrected chi connectivity index (χ3v) is 7.25. The Bertz CT molecular complexity index is 745. The van der Waals surface area contributed by atoms with Crippen LogP contribution in [-0.2, 0) is 9.59 Å². The number of halogens is 2. The molecule has 4 nitrogen and oxygen atoms in total. The number of benzene rings is 1. The van der Waals surface area contributed by atoms with Crippen molar-refractivity contribution < 1.29 is 19.1 Å². The number of rotatable bonds is 2. The third kappa shape index (κ3) is 2.41. The van der Waals surface area contributed by atoms with Gasteiger partial charge in [0.2, 0.25) is 0 Å². The number of alkyl halides is 2. The zero-order chi connectivity index (χ0) is 17.9. The molecule has 2 aliphatic heterocycles. The summed E-state index contributed by atoms with van der Waals surface area (Å²) in [6.07, 6.45) is -1.29. The van der Waals surface area contributed by atoms with Gasteiger partial charge in [-0.3, -0.25) is 9.59 Å². The van der Waals surface area contributed by atoms with E-state index in [1.807, 2.05) is 35.2 Å². The topological polar surface area (TPSA) is 57.6 Å². The number of carboxylic acids is 1. The first kappa shape index (κ1) is 16.9. The Labute approximate surface area is 154 Å². The summed E-state index contributed by atoms with van der Waals surface area (Å²) < 4.78 is 15.0. The second-order valence-corrected chi connectivity index (χ2v) is 8.45. The minimum absolute atomic E-state index is 0.00275. The minimum Gasteiger partial charge on any atom is -0.481 e. The Morgan fingerprint density at radius 3 is 2.64 bits per heavy atom. The predicted octanol–water partition coefficient (Wildman–Crippen LogP) is 3.23. The second kappa shape index (κ2) is 6.02. The van der Waals surface area contributed by atoms with Gasteiger partial charge in [-0.1, -0.05) is 48.7 Å². The average Bonchev–Trinajstić information content (AvgIpc) is 2.56. The zero-order valence-electron chi connectivity index (χ0n) is 13.2. The average molecular weight is 382 g/mol. The van der Waals surface area contributed by atoms with Crippen LogP contribution in [0.15, 0.2) is 41.9 Å². The maximum absolute atomic E-state index is 15.0. The van der Waals surface area contributed by atoms with E-state index in [1.54, 1.807) is 0 Å². The molecule has 4 rings (SSSR count). The fraction of sp³-hybridized carbons (Fsp3) is 0.444. The van der Waals surface area contributed by atoms with Crippen molar-refractivity contribution in [2.45, 2.75) is 35.3 Å². The summed E-state index contributed by atoms with van der Waals surface area (Å²) >= 11 is 7.99. The summed E-state index contributed by atoms with van der Waals surface area (Å²) in [5.74, 6) is -3.96. The van der Waals surface area contributed by atoms with Crippen LogP contribution in [0.5, 0.6) is 0 Å². The standard InChI is InChI=1S/C18H17ClFNO3S/c1-8-21-15-10(16(22)13(18(23)24)17(21)25-8)7-11(20)12(14(15)19)9-5-3-2-4-6-9/h2-6,10-15,17H,1,7H2,(H,23,24). The van der Waals surface area contributed by atoms with Gasteiger partial charge in [0.15, 0.2) is 5.78 Å². The number of aliphatic carboxylic acids is 1. The van der Waals surface area contributed by atoms with Crippen LogP contribution in [0.1, 0.15) is 17.9 Å². The molecule has 0 bridgehead atoms. The summed E-state index contributed by atoms with van der Waals surface area (Å²) in [5, 5.41) is 9.03. The Morgan fingerprint density at radius 1 is 1.36 bits per heavy atom. The molecule has 0 radical (unpaired) electrons. The summed E-state index contributed by atoms with van der Waals surface area (Å²) in [5.41, 5.74) is 0.802. The molecule has 7 heteroatoms. The van der Waals surface area contributed by atoms with Gasteiger partial charge >= 0.3 is 5.97 Å². The molecular formula is C18H17ClFNO3S. The van der Waals surface area contributed by atoms with Crippen LogP contribution in [0, 0.1) is 11.8 Å². The number of nitrogens with zero attached hydrogens (tertiary/aromatic N) is 1. The van der Waals surface area contributed by atoms with Gasteiger partial charge < -0.3 is 10.0 Å². The van der Waals surface area contributed by atoms with E-state index < -0.39 is 52.5 Å². The zero-order valence-corrected chi connectivity index (χ0v) is 14.8.